The smallest absolute Gasteiger partial charge is 0.254 e. The molecule has 0 spiro atoms. The molecule has 0 aromatic heterocycles. The van der Waals surface area contributed by atoms with Crippen molar-refractivity contribution in [2.24, 2.45) is 11.8 Å². The number of hydrogen-bond donors (Lipinski definition) is 3. The van der Waals surface area contributed by atoms with E-state index in [9.17, 15) is 14.4 Å². The molecule has 3 aromatic rings. The molecule has 3 N–H and O–H groups in total. The number of amides is 3. The zero-order valence-corrected chi connectivity index (χ0v) is 22.8. The number of nitrogens with zero attached hydrogens (tertiary/aromatic N) is 1. The minimum absolute atomic E-state index is 0.0603. The van der Waals surface area contributed by atoms with E-state index in [0.717, 1.165) is 24.0 Å². The second kappa shape index (κ2) is 12.7. The molecular weight excluding hydrogens is 490 g/mol. The van der Waals surface area contributed by atoms with Crippen LogP contribution in [0.15, 0.2) is 72.8 Å². The highest BCUT2D eigenvalue weighted by molar-refractivity contribution is 5.97. The van der Waals surface area contributed by atoms with Gasteiger partial charge in [0.15, 0.2) is 0 Å². The second-order valence-corrected chi connectivity index (χ2v) is 10.8. The maximum atomic E-state index is 13.9. The maximum Gasteiger partial charge on any atom is 0.254 e. The van der Waals surface area contributed by atoms with Crippen LogP contribution >= 0.6 is 0 Å². The standard InChI is InChI=1S/C32H37N3O4/c1-21(2)15-27(19-30(36)34-39)31(37)33-20-26-14-13-25(22-9-5-4-6-10-22)18-29(26)32(38)35(3)28-16-23-11-7-8-12-24(23)17-28/h4-14,18,21,27-28,39H,15-17,19-20H2,1-3H3,(H,33,37)(H,34,36)/t27-/m1/s1. The molecule has 0 aliphatic heterocycles. The first-order chi connectivity index (χ1) is 18.8. The summed E-state index contributed by atoms with van der Waals surface area (Å²) in [5, 5.41) is 11.9. The molecule has 1 aliphatic rings. The summed E-state index contributed by atoms with van der Waals surface area (Å²) < 4.78 is 0. The van der Waals surface area contributed by atoms with Crippen molar-refractivity contribution in [3.63, 3.8) is 0 Å². The Kier molecular flexibility index (Phi) is 9.15. The Labute approximate surface area is 230 Å². The van der Waals surface area contributed by atoms with Gasteiger partial charge in [-0.1, -0.05) is 80.6 Å². The molecule has 0 unspecified atom stereocenters. The number of nitrogens with one attached hydrogen (secondary N) is 2. The number of hydroxylamine groups is 1. The molecule has 0 bridgehead atoms. The third kappa shape index (κ3) is 6.92. The third-order valence-corrected chi connectivity index (χ3v) is 7.48. The average Bonchev–Trinajstić information content (AvgIpc) is 3.39. The lowest BCUT2D eigenvalue weighted by atomic mass is 9.92. The minimum Gasteiger partial charge on any atom is -0.352 e. The SMILES string of the molecule is CC(C)C[C@H](CC(=O)NO)C(=O)NCc1ccc(-c2ccccc2)cc1C(=O)N(C)C1Cc2ccccc2C1. The maximum absolute atomic E-state index is 13.9. The first-order valence-electron chi connectivity index (χ1n) is 13.5. The van der Waals surface area contributed by atoms with Gasteiger partial charge in [0.2, 0.25) is 11.8 Å². The molecule has 0 saturated heterocycles. The Morgan fingerprint density at radius 3 is 2.18 bits per heavy atom. The van der Waals surface area contributed by atoms with Gasteiger partial charge in [0.25, 0.3) is 5.91 Å². The van der Waals surface area contributed by atoms with Gasteiger partial charge in [-0.15, -0.1) is 0 Å². The quantitative estimate of drug-likeness (QED) is 0.261. The lowest BCUT2D eigenvalue weighted by Crippen LogP contribution is -2.39. The van der Waals surface area contributed by atoms with Gasteiger partial charge in [0, 0.05) is 37.5 Å². The summed E-state index contributed by atoms with van der Waals surface area (Å²) >= 11 is 0. The fraction of sp³-hybridized carbons (Fsp3) is 0.344. The number of carbonyl (C=O) groups is 3. The van der Waals surface area contributed by atoms with E-state index in [-0.39, 0.29) is 36.7 Å². The molecule has 0 fully saturated rings. The first kappa shape index (κ1) is 28.0. The largest absolute Gasteiger partial charge is 0.352 e. The van der Waals surface area contributed by atoms with Crippen LogP contribution in [0.1, 0.15) is 53.7 Å². The van der Waals surface area contributed by atoms with Gasteiger partial charge in [-0.05, 0) is 59.1 Å². The van der Waals surface area contributed by atoms with Crippen molar-refractivity contribution in [3.05, 3.63) is 95.1 Å². The molecule has 1 aliphatic carbocycles. The Morgan fingerprint density at radius 2 is 1.56 bits per heavy atom. The lowest BCUT2D eigenvalue weighted by Gasteiger charge is -2.26. The number of likely N-dealkylation sites (N-methyl/N-ethyl adjacent to an activating group) is 1. The van der Waals surface area contributed by atoms with Crippen LogP contribution in [0.5, 0.6) is 0 Å². The topological polar surface area (TPSA) is 98.7 Å². The molecule has 0 saturated carbocycles. The lowest BCUT2D eigenvalue weighted by molar-refractivity contribution is -0.135. The van der Waals surface area contributed by atoms with Crippen LogP contribution in [-0.4, -0.2) is 40.9 Å². The Bertz CT molecular complexity index is 1300. The summed E-state index contributed by atoms with van der Waals surface area (Å²) in [7, 11) is 1.85. The van der Waals surface area contributed by atoms with Crippen LogP contribution in [0.25, 0.3) is 11.1 Å². The van der Waals surface area contributed by atoms with Gasteiger partial charge in [-0.3, -0.25) is 19.6 Å². The van der Waals surface area contributed by atoms with Crippen molar-refractivity contribution in [3.8, 4) is 11.1 Å². The highest BCUT2D eigenvalue weighted by atomic mass is 16.5. The predicted molar refractivity (Wildman–Crippen MR) is 151 cm³/mol. The number of hydrogen-bond acceptors (Lipinski definition) is 4. The van der Waals surface area contributed by atoms with Gasteiger partial charge in [0.05, 0.1) is 0 Å². The molecule has 0 radical (unpaired) electrons. The minimum atomic E-state index is -0.599. The van der Waals surface area contributed by atoms with Crippen LogP contribution in [0.4, 0.5) is 0 Å². The second-order valence-electron chi connectivity index (χ2n) is 10.8. The molecule has 7 heteroatoms. The molecule has 39 heavy (non-hydrogen) atoms. The first-order valence-corrected chi connectivity index (χ1v) is 13.5. The fourth-order valence-corrected chi connectivity index (χ4v) is 5.35. The number of benzene rings is 3. The third-order valence-electron chi connectivity index (χ3n) is 7.48. The fourth-order valence-electron chi connectivity index (χ4n) is 5.35. The summed E-state index contributed by atoms with van der Waals surface area (Å²) in [5.74, 6) is -1.36. The van der Waals surface area contributed by atoms with Crippen LogP contribution in [-0.2, 0) is 29.0 Å². The summed E-state index contributed by atoms with van der Waals surface area (Å²) in [6.07, 6.45) is 2.02. The summed E-state index contributed by atoms with van der Waals surface area (Å²) in [6.45, 7) is 4.11. The van der Waals surface area contributed by atoms with Crippen molar-refractivity contribution in [1.82, 2.24) is 15.7 Å². The summed E-state index contributed by atoms with van der Waals surface area (Å²) in [5.41, 5.74) is 7.36. The van der Waals surface area contributed by atoms with Crippen LogP contribution in [0.2, 0.25) is 0 Å². The number of fused-ring (bicyclic) bond motifs is 1. The Balaban J connectivity index is 1.58. The molecule has 3 aromatic carbocycles. The molecule has 3 amide bonds. The van der Waals surface area contributed by atoms with E-state index in [2.05, 4.69) is 17.4 Å². The van der Waals surface area contributed by atoms with Crippen molar-refractivity contribution < 1.29 is 19.6 Å². The van der Waals surface area contributed by atoms with Gasteiger partial charge in [0.1, 0.15) is 0 Å². The van der Waals surface area contributed by atoms with E-state index in [1.54, 1.807) is 5.48 Å². The highest BCUT2D eigenvalue weighted by Gasteiger charge is 2.29. The number of carbonyl (C=O) groups excluding carboxylic acids is 3. The van der Waals surface area contributed by atoms with Crippen molar-refractivity contribution in [1.29, 1.82) is 0 Å². The van der Waals surface area contributed by atoms with E-state index in [4.69, 9.17) is 5.21 Å². The Morgan fingerprint density at radius 1 is 0.923 bits per heavy atom. The van der Waals surface area contributed by atoms with E-state index in [0.29, 0.717) is 17.5 Å². The van der Waals surface area contributed by atoms with Crippen molar-refractivity contribution >= 4 is 17.7 Å². The molecule has 4 rings (SSSR count). The van der Waals surface area contributed by atoms with E-state index < -0.39 is 11.8 Å². The van der Waals surface area contributed by atoms with E-state index >= 15 is 0 Å². The molecule has 0 heterocycles. The molecule has 7 nitrogen and oxygen atoms in total. The normalized spacial score (nSPS) is 13.6. The zero-order chi connectivity index (χ0) is 27.9. The number of rotatable bonds is 10. The molecule has 1 atom stereocenters. The molecule has 204 valence electrons. The van der Waals surface area contributed by atoms with Crippen LogP contribution in [0.3, 0.4) is 0 Å². The van der Waals surface area contributed by atoms with E-state index in [1.807, 2.05) is 86.5 Å². The van der Waals surface area contributed by atoms with Crippen LogP contribution in [0, 0.1) is 11.8 Å². The summed E-state index contributed by atoms with van der Waals surface area (Å²) in [4.78, 5) is 40.6. The van der Waals surface area contributed by atoms with Crippen LogP contribution < -0.4 is 10.8 Å². The van der Waals surface area contributed by atoms with Gasteiger partial charge < -0.3 is 10.2 Å². The zero-order valence-electron chi connectivity index (χ0n) is 22.8. The Hall–Kier alpha value is -3.97. The van der Waals surface area contributed by atoms with Gasteiger partial charge in [-0.25, -0.2) is 5.48 Å². The molecular formula is C32H37N3O4. The van der Waals surface area contributed by atoms with Gasteiger partial charge in [-0.2, -0.15) is 0 Å². The monoisotopic (exact) mass is 527 g/mol. The predicted octanol–water partition coefficient (Wildman–Crippen LogP) is 4.77. The highest BCUT2D eigenvalue weighted by Crippen LogP contribution is 2.28. The van der Waals surface area contributed by atoms with Gasteiger partial charge >= 0.3 is 0 Å². The van der Waals surface area contributed by atoms with Crippen molar-refractivity contribution in [2.45, 2.75) is 52.1 Å². The van der Waals surface area contributed by atoms with Crippen molar-refractivity contribution in [2.75, 3.05) is 7.05 Å². The summed E-state index contributed by atoms with van der Waals surface area (Å²) in [6, 6.07) is 24.0. The average molecular weight is 528 g/mol. The van der Waals surface area contributed by atoms with E-state index in [1.165, 1.54) is 11.1 Å².